The first-order valence-corrected chi connectivity index (χ1v) is 16.1. The third kappa shape index (κ3) is 5.19. The average Bonchev–Trinajstić information content (AvgIpc) is 3.50. The van der Waals surface area contributed by atoms with Gasteiger partial charge in [-0.15, -0.1) is 0 Å². The van der Waals surface area contributed by atoms with Gasteiger partial charge in [0.2, 0.25) is 0 Å². The highest BCUT2D eigenvalue weighted by atomic mass is 14.4. The van der Waals surface area contributed by atoms with Gasteiger partial charge in [-0.25, -0.2) is 0 Å². The lowest BCUT2D eigenvalue weighted by Crippen LogP contribution is -2.19. The van der Waals surface area contributed by atoms with E-state index in [1.54, 1.807) is 16.7 Å². The highest BCUT2D eigenvalue weighted by molar-refractivity contribution is 5.87. The molecule has 0 heterocycles. The monoisotopic (exact) mass is 552 g/mol. The maximum absolute atomic E-state index is 2.61. The van der Waals surface area contributed by atoms with E-state index in [4.69, 9.17) is 0 Å². The molecule has 2 aliphatic rings. The van der Waals surface area contributed by atoms with E-state index in [2.05, 4.69) is 134 Å². The van der Waals surface area contributed by atoms with Gasteiger partial charge in [-0.05, 0) is 110 Å². The fourth-order valence-corrected chi connectivity index (χ4v) is 7.32. The van der Waals surface area contributed by atoms with Crippen LogP contribution in [0.5, 0.6) is 0 Å². The van der Waals surface area contributed by atoms with Crippen LogP contribution in [0, 0.1) is 0 Å². The summed E-state index contributed by atoms with van der Waals surface area (Å²) < 4.78 is 0. The van der Waals surface area contributed by atoms with Crippen LogP contribution in [0.15, 0.2) is 90.0 Å². The maximum atomic E-state index is 2.61. The Morgan fingerprint density at radius 2 is 1.57 bits per heavy atom. The Hall–Kier alpha value is -3.38. The minimum atomic E-state index is 0.0303. The fraction of sp³-hybridized carbons (Fsp3) is 0.381. The second kappa shape index (κ2) is 10.7. The van der Waals surface area contributed by atoms with Crippen molar-refractivity contribution in [2.45, 2.75) is 104 Å². The third-order valence-corrected chi connectivity index (χ3v) is 9.70. The van der Waals surface area contributed by atoms with Gasteiger partial charge >= 0.3 is 0 Å². The van der Waals surface area contributed by atoms with Crippen LogP contribution in [0.1, 0.15) is 120 Å². The van der Waals surface area contributed by atoms with Crippen LogP contribution in [0.2, 0.25) is 0 Å². The second-order valence-corrected chi connectivity index (χ2v) is 14.9. The topological polar surface area (TPSA) is 0 Å². The number of hydrogen-bond donors (Lipinski definition) is 0. The summed E-state index contributed by atoms with van der Waals surface area (Å²) in [4.78, 5) is 0. The number of benzene rings is 4. The molecule has 0 amide bonds. The van der Waals surface area contributed by atoms with Gasteiger partial charge in [0.25, 0.3) is 0 Å². The normalized spacial score (nSPS) is 16.4. The molecule has 2 aliphatic carbocycles. The molecule has 0 bridgehead atoms. The molecule has 0 spiro atoms. The molecular formula is C42H48. The van der Waals surface area contributed by atoms with E-state index in [1.165, 1.54) is 74.6 Å². The van der Waals surface area contributed by atoms with E-state index >= 15 is 0 Å². The molecule has 1 unspecified atom stereocenters. The SMILES string of the molecule is CCCCC1=CC(c2c(C(C)(C)C)cc3c(c2Cc2cccc4ccccc24)Cc2ccc(C(C)(C)C)cc2-3)C(C)=C1. The Morgan fingerprint density at radius 3 is 2.31 bits per heavy atom. The van der Waals surface area contributed by atoms with Crippen LogP contribution in [0.4, 0.5) is 0 Å². The number of rotatable bonds is 6. The minimum absolute atomic E-state index is 0.0303. The van der Waals surface area contributed by atoms with Gasteiger partial charge in [0.1, 0.15) is 0 Å². The van der Waals surface area contributed by atoms with Crippen molar-refractivity contribution in [2.75, 3.05) is 0 Å². The first-order chi connectivity index (χ1) is 20.0. The summed E-state index contributed by atoms with van der Waals surface area (Å²) in [5.74, 6) is 0.343. The lowest BCUT2D eigenvalue weighted by atomic mass is 9.73. The van der Waals surface area contributed by atoms with Crippen molar-refractivity contribution in [2.24, 2.45) is 0 Å². The highest BCUT2D eigenvalue weighted by Gasteiger charge is 2.34. The molecule has 216 valence electrons. The van der Waals surface area contributed by atoms with E-state index in [0.29, 0.717) is 5.92 Å². The standard InChI is InChI=1S/C42H48/c1-9-10-14-28-21-27(2)34(22-28)40-38(24-30-17-13-16-29-15-11-12-18-33(29)30)36-23-31-19-20-32(41(3,4)5)25-35(31)37(36)26-39(40)42(6,7)8/h11-13,15-22,25-26,34H,9-10,14,23-24H2,1-8H3. The zero-order valence-corrected chi connectivity index (χ0v) is 27.1. The molecule has 42 heavy (non-hydrogen) atoms. The Kier molecular flexibility index (Phi) is 7.33. The molecule has 6 rings (SSSR count). The summed E-state index contributed by atoms with van der Waals surface area (Å²) in [5, 5.41) is 2.71. The quantitative estimate of drug-likeness (QED) is 0.196. The van der Waals surface area contributed by atoms with Crippen LogP contribution in [0.3, 0.4) is 0 Å². The van der Waals surface area contributed by atoms with Crippen LogP contribution >= 0.6 is 0 Å². The average molecular weight is 553 g/mol. The largest absolute Gasteiger partial charge is 0.0697 e. The lowest BCUT2D eigenvalue weighted by molar-refractivity contribution is 0.580. The smallest absolute Gasteiger partial charge is 0.0240 e. The van der Waals surface area contributed by atoms with Gasteiger partial charge in [-0.2, -0.15) is 0 Å². The number of fused-ring (bicyclic) bond motifs is 4. The van der Waals surface area contributed by atoms with Gasteiger partial charge in [-0.3, -0.25) is 0 Å². The summed E-state index contributed by atoms with van der Waals surface area (Å²) in [5.41, 5.74) is 16.6. The van der Waals surface area contributed by atoms with E-state index in [9.17, 15) is 0 Å². The molecule has 1 atom stereocenters. The van der Waals surface area contributed by atoms with Crippen LogP contribution in [-0.4, -0.2) is 0 Å². The Balaban J connectivity index is 1.63. The number of allylic oxidation sites excluding steroid dienone is 4. The van der Waals surface area contributed by atoms with Crippen molar-refractivity contribution in [3.63, 3.8) is 0 Å². The molecule has 0 nitrogen and oxygen atoms in total. The van der Waals surface area contributed by atoms with Gasteiger partial charge in [0.05, 0.1) is 0 Å². The lowest BCUT2D eigenvalue weighted by Gasteiger charge is -2.31. The molecule has 0 radical (unpaired) electrons. The van der Waals surface area contributed by atoms with Gasteiger partial charge in [0, 0.05) is 5.92 Å². The zero-order chi connectivity index (χ0) is 29.8. The Morgan fingerprint density at radius 1 is 0.810 bits per heavy atom. The summed E-state index contributed by atoms with van der Waals surface area (Å²) in [6, 6.07) is 25.7. The predicted molar refractivity (Wildman–Crippen MR) is 183 cm³/mol. The van der Waals surface area contributed by atoms with Crippen molar-refractivity contribution in [3.05, 3.63) is 129 Å². The first-order valence-electron chi connectivity index (χ1n) is 16.1. The molecular weight excluding hydrogens is 504 g/mol. The van der Waals surface area contributed by atoms with Gasteiger partial charge in [0.15, 0.2) is 0 Å². The highest BCUT2D eigenvalue weighted by Crippen LogP contribution is 2.49. The molecule has 4 aromatic rings. The molecule has 0 N–H and O–H groups in total. The van der Waals surface area contributed by atoms with E-state index < -0.39 is 0 Å². The van der Waals surface area contributed by atoms with Crippen LogP contribution in [-0.2, 0) is 23.7 Å². The molecule has 0 aliphatic heterocycles. The van der Waals surface area contributed by atoms with E-state index in [0.717, 1.165) is 12.8 Å². The minimum Gasteiger partial charge on any atom is -0.0697 e. The van der Waals surface area contributed by atoms with Crippen molar-refractivity contribution in [3.8, 4) is 11.1 Å². The molecule has 0 heteroatoms. The third-order valence-electron chi connectivity index (χ3n) is 9.70. The summed E-state index contributed by atoms with van der Waals surface area (Å²) in [6.07, 6.45) is 10.8. The zero-order valence-electron chi connectivity index (χ0n) is 27.1. The second-order valence-electron chi connectivity index (χ2n) is 14.9. The van der Waals surface area contributed by atoms with Gasteiger partial charge in [-0.1, -0.05) is 139 Å². The summed E-state index contributed by atoms with van der Waals surface area (Å²) in [7, 11) is 0. The summed E-state index contributed by atoms with van der Waals surface area (Å²) >= 11 is 0. The predicted octanol–water partition coefficient (Wildman–Crippen LogP) is 11.8. The van der Waals surface area contributed by atoms with Crippen molar-refractivity contribution < 1.29 is 0 Å². The van der Waals surface area contributed by atoms with Crippen molar-refractivity contribution in [1.29, 1.82) is 0 Å². The van der Waals surface area contributed by atoms with E-state index in [-0.39, 0.29) is 10.8 Å². The van der Waals surface area contributed by atoms with Crippen LogP contribution in [0.25, 0.3) is 21.9 Å². The van der Waals surface area contributed by atoms with Crippen molar-refractivity contribution in [1.82, 2.24) is 0 Å². The van der Waals surface area contributed by atoms with Gasteiger partial charge < -0.3 is 0 Å². The molecule has 4 aromatic carbocycles. The van der Waals surface area contributed by atoms with Crippen LogP contribution < -0.4 is 0 Å². The molecule has 0 fully saturated rings. The molecule has 0 aromatic heterocycles. The first kappa shape index (κ1) is 28.7. The molecule has 0 saturated carbocycles. The van der Waals surface area contributed by atoms with Crippen molar-refractivity contribution >= 4 is 10.8 Å². The maximum Gasteiger partial charge on any atom is 0.0240 e. The fourth-order valence-electron chi connectivity index (χ4n) is 7.32. The Labute approximate surface area is 254 Å². The number of unbranched alkanes of at least 4 members (excludes halogenated alkanes) is 1. The summed E-state index contributed by atoms with van der Waals surface area (Å²) in [6.45, 7) is 18.9. The number of hydrogen-bond acceptors (Lipinski definition) is 0. The Bertz CT molecular complexity index is 1720. The van der Waals surface area contributed by atoms with E-state index in [1.807, 2.05) is 0 Å². The molecule has 0 saturated heterocycles.